The lowest BCUT2D eigenvalue weighted by Gasteiger charge is -2.34. The molecule has 0 aromatic carbocycles. The summed E-state index contributed by atoms with van der Waals surface area (Å²) in [5.74, 6) is -1.13. The van der Waals surface area contributed by atoms with E-state index >= 15 is 0 Å². The molecular formula is C11H20N2O3. The second kappa shape index (κ2) is 5.84. The quantitative estimate of drug-likeness (QED) is 0.737. The number of nitrogens with zero attached hydrogens (tertiary/aromatic N) is 1. The minimum Gasteiger partial charge on any atom is -0.480 e. The molecule has 1 heterocycles. The van der Waals surface area contributed by atoms with Crippen LogP contribution in [0, 0.1) is 0 Å². The number of rotatable bonds is 4. The van der Waals surface area contributed by atoms with E-state index in [4.69, 9.17) is 10.8 Å². The van der Waals surface area contributed by atoms with Gasteiger partial charge in [-0.3, -0.25) is 4.79 Å². The molecule has 1 amide bonds. The molecule has 5 nitrogen and oxygen atoms in total. The number of amides is 1. The third kappa shape index (κ3) is 2.95. The Labute approximate surface area is 95.6 Å². The Bertz CT molecular complexity index is 268. The third-order valence-corrected chi connectivity index (χ3v) is 2.99. The van der Waals surface area contributed by atoms with Crippen molar-refractivity contribution in [3.8, 4) is 0 Å². The van der Waals surface area contributed by atoms with E-state index < -0.39 is 18.1 Å². The molecule has 0 bridgehead atoms. The molecule has 1 aliphatic rings. The lowest BCUT2D eigenvalue weighted by molar-refractivity contribution is -0.152. The van der Waals surface area contributed by atoms with Crippen molar-refractivity contribution in [2.75, 3.05) is 6.54 Å². The highest BCUT2D eigenvalue weighted by molar-refractivity contribution is 5.87. The number of hydrogen-bond acceptors (Lipinski definition) is 3. The summed E-state index contributed by atoms with van der Waals surface area (Å²) < 4.78 is 0. The number of nitrogens with two attached hydrogens (primary N) is 1. The zero-order chi connectivity index (χ0) is 12.1. The first-order valence-electron chi connectivity index (χ1n) is 5.86. The fourth-order valence-corrected chi connectivity index (χ4v) is 2.10. The van der Waals surface area contributed by atoms with Crippen LogP contribution >= 0.6 is 0 Å². The molecule has 0 aromatic heterocycles. The highest BCUT2D eigenvalue weighted by Gasteiger charge is 2.33. The first-order valence-corrected chi connectivity index (χ1v) is 5.86. The highest BCUT2D eigenvalue weighted by Crippen LogP contribution is 2.18. The van der Waals surface area contributed by atoms with Crippen molar-refractivity contribution in [2.24, 2.45) is 5.73 Å². The van der Waals surface area contributed by atoms with Crippen molar-refractivity contribution in [3.63, 3.8) is 0 Å². The maximum Gasteiger partial charge on any atom is 0.326 e. The smallest absolute Gasteiger partial charge is 0.326 e. The Kier molecular flexibility index (Phi) is 4.73. The van der Waals surface area contributed by atoms with Gasteiger partial charge in [-0.25, -0.2) is 4.79 Å². The van der Waals surface area contributed by atoms with Gasteiger partial charge in [0.15, 0.2) is 0 Å². The number of aliphatic carboxylic acids is 1. The summed E-state index contributed by atoms with van der Waals surface area (Å²) in [6.07, 6.45) is 3.72. The fraction of sp³-hybridized carbons (Fsp3) is 0.818. The predicted octanol–water partition coefficient (Wildman–Crippen LogP) is 0.579. The Morgan fingerprint density at radius 1 is 1.50 bits per heavy atom. The van der Waals surface area contributed by atoms with Crippen molar-refractivity contribution in [3.05, 3.63) is 0 Å². The van der Waals surface area contributed by atoms with Crippen LogP contribution in [-0.4, -0.2) is 40.5 Å². The first-order chi connectivity index (χ1) is 7.57. The maximum absolute atomic E-state index is 11.9. The summed E-state index contributed by atoms with van der Waals surface area (Å²) in [5.41, 5.74) is 5.74. The molecule has 1 unspecified atom stereocenters. The normalized spacial score (nSPS) is 22.9. The van der Waals surface area contributed by atoms with Crippen LogP contribution in [0.25, 0.3) is 0 Å². The largest absolute Gasteiger partial charge is 0.480 e. The van der Waals surface area contributed by atoms with Gasteiger partial charge in [0.1, 0.15) is 6.04 Å². The van der Waals surface area contributed by atoms with Gasteiger partial charge in [0.05, 0.1) is 6.04 Å². The summed E-state index contributed by atoms with van der Waals surface area (Å²) in [6, 6.07) is -1.23. The van der Waals surface area contributed by atoms with E-state index in [1.807, 2.05) is 6.92 Å². The summed E-state index contributed by atoms with van der Waals surface area (Å²) in [4.78, 5) is 24.4. The van der Waals surface area contributed by atoms with Crippen LogP contribution in [0.15, 0.2) is 0 Å². The SMILES string of the molecule is CCC[C@@H](N)C(=O)N1CCCCC1C(=O)O. The average molecular weight is 228 g/mol. The number of likely N-dealkylation sites (tertiary alicyclic amines) is 1. The van der Waals surface area contributed by atoms with Crippen LogP contribution in [0.2, 0.25) is 0 Å². The Morgan fingerprint density at radius 2 is 2.19 bits per heavy atom. The summed E-state index contributed by atoms with van der Waals surface area (Å²) in [6.45, 7) is 2.48. The Hall–Kier alpha value is -1.10. The molecule has 3 N–H and O–H groups in total. The van der Waals surface area contributed by atoms with Gasteiger partial charge in [-0.1, -0.05) is 13.3 Å². The monoisotopic (exact) mass is 228 g/mol. The van der Waals surface area contributed by atoms with E-state index in [9.17, 15) is 9.59 Å². The van der Waals surface area contributed by atoms with Crippen molar-refractivity contribution in [1.29, 1.82) is 0 Å². The highest BCUT2D eigenvalue weighted by atomic mass is 16.4. The van der Waals surface area contributed by atoms with Gasteiger partial charge in [0, 0.05) is 6.54 Å². The second-order valence-corrected chi connectivity index (χ2v) is 4.28. The van der Waals surface area contributed by atoms with E-state index in [0.717, 1.165) is 19.3 Å². The van der Waals surface area contributed by atoms with Crippen molar-refractivity contribution in [2.45, 2.75) is 51.1 Å². The molecule has 2 atom stereocenters. The summed E-state index contributed by atoms with van der Waals surface area (Å²) in [7, 11) is 0. The number of piperidine rings is 1. The summed E-state index contributed by atoms with van der Waals surface area (Å²) >= 11 is 0. The van der Waals surface area contributed by atoms with E-state index in [1.54, 1.807) is 0 Å². The average Bonchev–Trinajstić information content (AvgIpc) is 2.28. The molecule has 92 valence electrons. The molecule has 0 saturated carbocycles. The number of carbonyl (C=O) groups excluding carboxylic acids is 1. The molecule has 0 aliphatic carbocycles. The molecular weight excluding hydrogens is 208 g/mol. The van der Waals surface area contributed by atoms with Gasteiger partial charge in [0.25, 0.3) is 0 Å². The lowest BCUT2D eigenvalue weighted by atomic mass is 10.0. The van der Waals surface area contributed by atoms with Gasteiger partial charge in [-0.15, -0.1) is 0 Å². The van der Waals surface area contributed by atoms with Gasteiger partial charge >= 0.3 is 5.97 Å². The molecule has 0 aromatic rings. The van der Waals surface area contributed by atoms with Gasteiger partial charge < -0.3 is 15.7 Å². The number of carboxylic acids is 1. The standard InChI is InChI=1S/C11H20N2O3/c1-2-5-8(12)10(14)13-7-4-3-6-9(13)11(15)16/h8-9H,2-7,12H2,1H3,(H,15,16)/t8-,9?/m1/s1. The topological polar surface area (TPSA) is 83.6 Å². The van der Waals surface area contributed by atoms with E-state index in [2.05, 4.69) is 0 Å². The van der Waals surface area contributed by atoms with Crippen molar-refractivity contribution in [1.82, 2.24) is 4.90 Å². The van der Waals surface area contributed by atoms with E-state index in [1.165, 1.54) is 4.90 Å². The Morgan fingerprint density at radius 3 is 2.75 bits per heavy atom. The van der Waals surface area contributed by atoms with Crippen molar-refractivity contribution >= 4 is 11.9 Å². The second-order valence-electron chi connectivity index (χ2n) is 4.28. The Balaban J connectivity index is 2.67. The molecule has 1 rings (SSSR count). The zero-order valence-corrected chi connectivity index (χ0v) is 9.69. The molecule has 1 saturated heterocycles. The minimum atomic E-state index is -0.920. The van der Waals surface area contributed by atoms with Crippen LogP contribution in [-0.2, 0) is 9.59 Å². The molecule has 16 heavy (non-hydrogen) atoms. The van der Waals surface area contributed by atoms with Crippen LogP contribution < -0.4 is 5.73 Å². The van der Waals surface area contributed by atoms with Crippen LogP contribution in [0.4, 0.5) is 0 Å². The third-order valence-electron chi connectivity index (χ3n) is 2.99. The van der Waals surface area contributed by atoms with Crippen LogP contribution in [0.3, 0.4) is 0 Å². The fourth-order valence-electron chi connectivity index (χ4n) is 2.10. The van der Waals surface area contributed by atoms with Gasteiger partial charge in [-0.05, 0) is 25.7 Å². The maximum atomic E-state index is 11.9. The molecule has 0 radical (unpaired) electrons. The number of carboxylic acid groups (broad SMARTS) is 1. The molecule has 0 spiro atoms. The molecule has 5 heteroatoms. The van der Waals surface area contributed by atoms with Crippen LogP contribution in [0.5, 0.6) is 0 Å². The molecule has 1 aliphatic heterocycles. The van der Waals surface area contributed by atoms with E-state index in [0.29, 0.717) is 19.4 Å². The number of hydrogen-bond donors (Lipinski definition) is 2. The first kappa shape index (κ1) is 13.0. The minimum absolute atomic E-state index is 0.214. The van der Waals surface area contributed by atoms with Gasteiger partial charge in [0.2, 0.25) is 5.91 Å². The summed E-state index contributed by atoms with van der Waals surface area (Å²) in [5, 5.41) is 9.03. The van der Waals surface area contributed by atoms with Crippen LogP contribution in [0.1, 0.15) is 39.0 Å². The van der Waals surface area contributed by atoms with E-state index in [-0.39, 0.29) is 5.91 Å². The van der Waals surface area contributed by atoms with Crippen molar-refractivity contribution < 1.29 is 14.7 Å². The predicted molar refractivity (Wildman–Crippen MR) is 59.9 cm³/mol. The molecule has 1 fully saturated rings. The van der Waals surface area contributed by atoms with Gasteiger partial charge in [-0.2, -0.15) is 0 Å². The number of carbonyl (C=O) groups is 2. The zero-order valence-electron chi connectivity index (χ0n) is 9.69. The lowest BCUT2D eigenvalue weighted by Crippen LogP contribution is -2.53.